The smallest absolute Gasteiger partial charge is 0.283 e. The Morgan fingerprint density at radius 1 is 1.03 bits per heavy atom. The zero-order chi connectivity index (χ0) is 22.3. The number of methoxy groups -OCH3 is 1. The Balaban J connectivity index is 1.66. The number of fused-ring (bicyclic) bond motifs is 4. The molecule has 2 aliphatic rings. The predicted molar refractivity (Wildman–Crippen MR) is 120 cm³/mol. The Labute approximate surface area is 186 Å². The second-order valence-electron chi connectivity index (χ2n) is 8.21. The second-order valence-corrected chi connectivity index (χ2v) is 8.21. The number of benzene rings is 2. The highest BCUT2D eigenvalue weighted by molar-refractivity contribution is 5.78. The number of nitrogens with zero attached hydrogens (tertiary/aromatic N) is 3. The molecule has 2 N–H and O–H groups in total. The van der Waals surface area contributed by atoms with Gasteiger partial charge >= 0.3 is 0 Å². The number of nitrogens with two attached hydrogens (primary N) is 1. The zero-order valence-electron chi connectivity index (χ0n) is 18.0. The molecule has 0 fully saturated rings. The fourth-order valence-electron chi connectivity index (χ4n) is 3.83. The lowest BCUT2D eigenvalue weighted by Crippen LogP contribution is -2.31. The Bertz CT molecular complexity index is 1290. The van der Waals surface area contributed by atoms with Crippen LogP contribution in [0.15, 0.2) is 60.1 Å². The third-order valence-electron chi connectivity index (χ3n) is 5.71. The van der Waals surface area contributed by atoms with Crippen molar-refractivity contribution in [2.45, 2.75) is 25.0 Å². The highest BCUT2D eigenvalue weighted by Gasteiger charge is 2.47. The van der Waals surface area contributed by atoms with Crippen LogP contribution in [0.3, 0.4) is 0 Å². The molecule has 2 aliphatic heterocycles. The van der Waals surface area contributed by atoms with Crippen molar-refractivity contribution in [3.8, 4) is 34.5 Å². The van der Waals surface area contributed by atoms with Gasteiger partial charge < -0.3 is 19.9 Å². The molecule has 32 heavy (non-hydrogen) atoms. The molecule has 1 atom stereocenters. The molecule has 1 aromatic heterocycles. The SMILES string of the molecule is COC(C)(C)C#Cc1ccc2c(c1)[C@]1(COC(N)=N1)c1cc(-c3cncnc3)ccc1O2. The van der Waals surface area contributed by atoms with Crippen molar-refractivity contribution in [3.63, 3.8) is 0 Å². The van der Waals surface area contributed by atoms with E-state index in [1.807, 2.05) is 50.2 Å². The molecule has 0 radical (unpaired) electrons. The third-order valence-corrected chi connectivity index (χ3v) is 5.71. The molecule has 0 amide bonds. The first kappa shape index (κ1) is 20.0. The number of hydrogen-bond donors (Lipinski definition) is 1. The van der Waals surface area contributed by atoms with E-state index < -0.39 is 11.1 Å². The Hall–Kier alpha value is -3.89. The minimum atomic E-state index is -0.826. The lowest BCUT2D eigenvalue weighted by atomic mass is 9.80. The topological polar surface area (TPSA) is 91.9 Å². The summed E-state index contributed by atoms with van der Waals surface area (Å²) in [6.45, 7) is 4.12. The van der Waals surface area contributed by atoms with Crippen LogP contribution in [0, 0.1) is 11.8 Å². The Morgan fingerprint density at radius 3 is 2.44 bits per heavy atom. The van der Waals surface area contributed by atoms with Gasteiger partial charge in [0.15, 0.2) is 5.54 Å². The van der Waals surface area contributed by atoms with Crippen LogP contribution < -0.4 is 10.5 Å². The van der Waals surface area contributed by atoms with Gasteiger partial charge in [0.2, 0.25) is 0 Å². The van der Waals surface area contributed by atoms with E-state index in [0.717, 1.165) is 27.8 Å². The van der Waals surface area contributed by atoms with Gasteiger partial charge in [-0.15, -0.1) is 0 Å². The quantitative estimate of drug-likeness (QED) is 0.630. The molecular formula is C25H22N4O3. The summed E-state index contributed by atoms with van der Waals surface area (Å²) in [4.78, 5) is 13.0. The van der Waals surface area contributed by atoms with Crippen LogP contribution in [0.4, 0.5) is 0 Å². The Kier molecular flexibility index (Phi) is 4.61. The third kappa shape index (κ3) is 3.35. The summed E-state index contributed by atoms with van der Waals surface area (Å²) in [5.74, 6) is 7.76. The number of aromatic nitrogens is 2. The molecule has 3 aromatic rings. The van der Waals surface area contributed by atoms with Crippen molar-refractivity contribution < 1.29 is 14.2 Å². The van der Waals surface area contributed by atoms with Gasteiger partial charge in [-0.1, -0.05) is 17.9 Å². The summed E-state index contributed by atoms with van der Waals surface area (Å²) >= 11 is 0. The molecule has 0 unspecified atom stereocenters. The van der Waals surface area contributed by atoms with E-state index in [1.165, 1.54) is 6.33 Å². The van der Waals surface area contributed by atoms with Gasteiger partial charge in [-0.25, -0.2) is 15.0 Å². The minimum absolute atomic E-state index is 0.147. The fourth-order valence-corrected chi connectivity index (χ4v) is 3.83. The average molecular weight is 426 g/mol. The van der Waals surface area contributed by atoms with Crippen molar-refractivity contribution in [2.24, 2.45) is 10.7 Å². The first-order valence-corrected chi connectivity index (χ1v) is 10.2. The minimum Gasteiger partial charge on any atom is -0.462 e. The first-order chi connectivity index (χ1) is 15.4. The van der Waals surface area contributed by atoms with E-state index in [4.69, 9.17) is 24.9 Å². The summed E-state index contributed by atoms with van der Waals surface area (Å²) in [7, 11) is 1.64. The highest BCUT2D eigenvalue weighted by atomic mass is 16.5. The van der Waals surface area contributed by atoms with Gasteiger partial charge in [-0.05, 0) is 49.7 Å². The molecule has 0 bridgehead atoms. The maximum absolute atomic E-state index is 6.24. The van der Waals surface area contributed by atoms with Crippen LogP contribution in [-0.4, -0.2) is 35.3 Å². The van der Waals surface area contributed by atoms with Crippen molar-refractivity contribution in [1.82, 2.24) is 9.97 Å². The molecule has 160 valence electrons. The molecule has 2 aromatic carbocycles. The molecule has 3 heterocycles. The van der Waals surface area contributed by atoms with Crippen molar-refractivity contribution in [3.05, 3.63) is 71.8 Å². The molecule has 0 aliphatic carbocycles. The summed E-state index contributed by atoms with van der Waals surface area (Å²) in [5.41, 5.74) is 9.02. The standard InChI is InChI=1S/C25H22N4O3/c1-24(2,30-3)9-8-16-4-6-21-19(10-16)25(14-31-23(26)29-25)20-11-17(5-7-22(20)32-21)18-12-27-15-28-13-18/h4-7,10-13,15H,14H2,1-3H3,(H2,26,29)/t25-/m1/s1. The Morgan fingerprint density at radius 2 is 1.75 bits per heavy atom. The molecule has 1 spiro atoms. The van der Waals surface area contributed by atoms with Gasteiger partial charge in [-0.3, -0.25) is 0 Å². The maximum atomic E-state index is 6.24. The molecule has 7 nitrogen and oxygen atoms in total. The average Bonchev–Trinajstić information content (AvgIpc) is 3.21. The van der Waals surface area contributed by atoms with Crippen LogP contribution in [0.1, 0.15) is 30.5 Å². The van der Waals surface area contributed by atoms with E-state index in [2.05, 4.69) is 21.8 Å². The summed E-state index contributed by atoms with van der Waals surface area (Å²) < 4.78 is 17.3. The zero-order valence-corrected chi connectivity index (χ0v) is 18.0. The number of amidine groups is 1. The number of hydrogen-bond acceptors (Lipinski definition) is 7. The molecule has 7 heteroatoms. The second kappa shape index (κ2) is 7.36. The van der Waals surface area contributed by atoms with Crippen LogP contribution in [0.2, 0.25) is 0 Å². The van der Waals surface area contributed by atoms with E-state index >= 15 is 0 Å². The molecule has 0 saturated heterocycles. The van der Waals surface area contributed by atoms with Crippen LogP contribution in [0.5, 0.6) is 11.5 Å². The van der Waals surface area contributed by atoms with Crippen LogP contribution >= 0.6 is 0 Å². The number of aliphatic imine (C=N–C) groups is 1. The number of ether oxygens (including phenoxy) is 3. The largest absolute Gasteiger partial charge is 0.462 e. The van der Waals surface area contributed by atoms with Crippen molar-refractivity contribution in [2.75, 3.05) is 13.7 Å². The van der Waals surface area contributed by atoms with Gasteiger partial charge in [0.25, 0.3) is 6.02 Å². The van der Waals surface area contributed by atoms with E-state index in [1.54, 1.807) is 19.5 Å². The van der Waals surface area contributed by atoms with E-state index in [0.29, 0.717) is 11.5 Å². The summed E-state index contributed by atoms with van der Waals surface area (Å²) in [5, 5.41) is 0. The molecular weight excluding hydrogens is 404 g/mol. The number of rotatable bonds is 2. The monoisotopic (exact) mass is 426 g/mol. The van der Waals surface area contributed by atoms with Crippen molar-refractivity contribution >= 4 is 6.02 Å². The predicted octanol–water partition coefficient (Wildman–Crippen LogP) is 3.61. The maximum Gasteiger partial charge on any atom is 0.283 e. The fraction of sp³-hybridized carbons (Fsp3) is 0.240. The van der Waals surface area contributed by atoms with Crippen LogP contribution in [-0.2, 0) is 15.0 Å². The van der Waals surface area contributed by atoms with Gasteiger partial charge in [0.05, 0.1) is 0 Å². The lowest BCUT2D eigenvalue weighted by molar-refractivity contribution is 0.0742. The highest BCUT2D eigenvalue weighted by Crippen LogP contribution is 2.51. The first-order valence-electron chi connectivity index (χ1n) is 10.2. The van der Waals surface area contributed by atoms with Gasteiger partial charge in [-0.2, -0.15) is 0 Å². The van der Waals surface area contributed by atoms with Gasteiger partial charge in [0, 0.05) is 41.8 Å². The molecule has 5 rings (SSSR count). The van der Waals surface area contributed by atoms with Crippen molar-refractivity contribution in [1.29, 1.82) is 0 Å². The lowest BCUT2D eigenvalue weighted by Gasteiger charge is -2.33. The van der Waals surface area contributed by atoms with E-state index in [-0.39, 0.29) is 12.6 Å². The normalized spacial score (nSPS) is 18.5. The summed E-state index contributed by atoms with van der Waals surface area (Å²) in [6.07, 6.45) is 5.05. The van der Waals surface area contributed by atoms with E-state index in [9.17, 15) is 0 Å². The van der Waals surface area contributed by atoms with Gasteiger partial charge in [0.1, 0.15) is 30.0 Å². The summed E-state index contributed by atoms with van der Waals surface area (Å²) in [6, 6.07) is 11.9. The molecule has 0 saturated carbocycles. The van der Waals surface area contributed by atoms with Crippen LogP contribution in [0.25, 0.3) is 11.1 Å².